The van der Waals surface area contributed by atoms with Gasteiger partial charge in [-0.05, 0) is 29.3 Å². The van der Waals surface area contributed by atoms with Crippen LogP contribution in [0.3, 0.4) is 0 Å². The van der Waals surface area contributed by atoms with E-state index in [1.807, 2.05) is 16.8 Å². The first-order valence-corrected chi connectivity index (χ1v) is 7.94. The van der Waals surface area contributed by atoms with Gasteiger partial charge in [-0.15, -0.1) is 0 Å². The summed E-state index contributed by atoms with van der Waals surface area (Å²) in [5, 5.41) is 3.75. The fourth-order valence-corrected chi connectivity index (χ4v) is 4.31. The number of hydrogen-bond acceptors (Lipinski definition) is 5. The summed E-state index contributed by atoms with van der Waals surface area (Å²) in [7, 11) is -3.60. The molecule has 2 N–H and O–H groups in total. The minimum Gasteiger partial charge on any atom is -0.315 e. The van der Waals surface area contributed by atoms with Crippen molar-refractivity contribution in [3.05, 3.63) is 37.8 Å². The van der Waals surface area contributed by atoms with E-state index < -0.39 is 10.0 Å². The summed E-state index contributed by atoms with van der Waals surface area (Å²) < 4.78 is 26.3. The van der Waals surface area contributed by atoms with E-state index in [2.05, 4.69) is 9.71 Å². The highest BCUT2D eigenvalue weighted by Crippen LogP contribution is 2.16. The monoisotopic (exact) mass is 290 g/mol. The van der Waals surface area contributed by atoms with Crippen molar-refractivity contribution >= 4 is 32.7 Å². The van der Waals surface area contributed by atoms with Crippen LogP contribution in [0.2, 0.25) is 0 Å². The Labute approximate surface area is 106 Å². The first-order chi connectivity index (χ1) is 7.99. The maximum absolute atomic E-state index is 11.9. The van der Waals surface area contributed by atoms with Gasteiger partial charge in [0.15, 0.2) is 4.21 Å². The van der Waals surface area contributed by atoms with Crippen LogP contribution in [-0.2, 0) is 16.6 Å². The molecule has 0 aliphatic heterocycles. The number of thiophene rings is 1. The molecule has 92 valence electrons. The molecule has 0 bridgehead atoms. The normalized spacial score (nSPS) is 11.8. The van der Waals surface area contributed by atoms with Gasteiger partial charge in [0.1, 0.15) is 0 Å². The lowest BCUT2D eigenvalue weighted by Gasteiger charge is -2.03. The van der Waals surface area contributed by atoms with Gasteiger partial charge in [-0.25, -0.2) is 13.1 Å². The van der Waals surface area contributed by atoms with Gasteiger partial charge in [0.05, 0.1) is 0 Å². The number of nitrogens with one attached hydrogen (secondary N) is 2. The third-order valence-electron chi connectivity index (χ3n) is 2.07. The van der Waals surface area contributed by atoms with E-state index in [1.54, 1.807) is 6.92 Å². The van der Waals surface area contributed by atoms with E-state index in [-0.39, 0.29) is 15.6 Å². The maximum atomic E-state index is 11.9. The number of aromatic amines is 1. The zero-order valence-corrected chi connectivity index (χ0v) is 11.3. The lowest BCUT2D eigenvalue weighted by atomic mass is 10.4. The largest absolute Gasteiger partial charge is 0.315 e. The first-order valence-electron chi connectivity index (χ1n) is 4.69. The minimum absolute atomic E-state index is 0.0535. The van der Waals surface area contributed by atoms with Gasteiger partial charge in [0.2, 0.25) is 0 Å². The van der Waals surface area contributed by atoms with Crippen molar-refractivity contribution < 1.29 is 8.42 Å². The number of thiazole rings is 1. The third kappa shape index (κ3) is 2.83. The zero-order chi connectivity index (χ0) is 12.5. The molecule has 0 saturated heterocycles. The number of aryl methyl sites for hydroxylation is 1. The van der Waals surface area contributed by atoms with Crippen molar-refractivity contribution in [1.29, 1.82) is 0 Å². The Morgan fingerprint density at radius 3 is 2.76 bits per heavy atom. The number of sulfonamides is 1. The summed E-state index contributed by atoms with van der Waals surface area (Å²) in [6, 6.07) is 1.85. The van der Waals surface area contributed by atoms with E-state index in [4.69, 9.17) is 0 Å². The fourth-order valence-electron chi connectivity index (χ4n) is 1.28. The summed E-state index contributed by atoms with van der Waals surface area (Å²) in [5.74, 6) is 0. The van der Waals surface area contributed by atoms with Crippen LogP contribution >= 0.6 is 22.7 Å². The molecular formula is C9H10N2O3S3. The predicted molar refractivity (Wildman–Crippen MR) is 68.0 cm³/mol. The van der Waals surface area contributed by atoms with Crippen LogP contribution in [0.15, 0.2) is 25.8 Å². The second-order valence-electron chi connectivity index (χ2n) is 3.38. The van der Waals surface area contributed by atoms with Crippen LogP contribution in [-0.4, -0.2) is 13.4 Å². The molecule has 0 aromatic carbocycles. The molecule has 2 aromatic rings. The molecule has 8 heteroatoms. The molecule has 5 nitrogen and oxygen atoms in total. The molecule has 2 heterocycles. The minimum atomic E-state index is -3.60. The molecule has 0 saturated carbocycles. The molecule has 0 fully saturated rings. The Bertz CT molecular complexity index is 652. The topological polar surface area (TPSA) is 79.0 Å². The highest BCUT2D eigenvalue weighted by atomic mass is 32.2. The molecule has 17 heavy (non-hydrogen) atoms. The average Bonchev–Trinajstić information content (AvgIpc) is 2.85. The van der Waals surface area contributed by atoms with E-state index in [0.29, 0.717) is 17.0 Å². The SMILES string of the molecule is Cc1[nH]c(=O)sc1S(=O)(=O)NCc1ccsc1. The van der Waals surface area contributed by atoms with Crippen LogP contribution in [0.1, 0.15) is 11.3 Å². The lowest BCUT2D eigenvalue weighted by molar-refractivity contribution is 0.583. The summed E-state index contributed by atoms with van der Waals surface area (Å²) >= 11 is 2.20. The Balaban J connectivity index is 2.20. The summed E-state index contributed by atoms with van der Waals surface area (Å²) in [6.07, 6.45) is 0. The quantitative estimate of drug-likeness (QED) is 0.890. The van der Waals surface area contributed by atoms with E-state index >= 15 is 0 Å². The van der Waals surface area contributed by atoms with Gasteiger partial charge in [0.25, 0.3) is 10.0 Å². The zero-order valence-electron chi connectivity index (χ0n) is 8.89. The van der Waals surface area contributed by atoms with Crippen molar-refractivity contribution in [3.8, 4) is 0 Å². The van der Waals surface area contributed by atoms with Crippen molar-refractivity contribution in [1.82, 2.24) is 9.71 Å². The number of hydrogen-bond donors (Lipinski definition) is 2. The van der Waals surface area contributed by atoms with Crippen LogP contribution in [0.25, 0.3) is 0 Å². The Morgan fingerprint density at radius 1 is 1.47 bits per heavy atom. The third-order valence-corrected chi connectivity index (χ3v) is 5.81. The average molecular weight is 290 g/mol. The summed E-state index contributed by atoms with van der Waals surface area (Å²) in [5.41, 5.74) is 1.27. The molecule has 0 unspecified atom stereocenters. The molecule has 2 aromatic heterocycles. The first kappa shape index (κ1) is 12.5. The number of H-pyrrole nitrogens is 1. The van der Waals surface area contributed by atoms with Crippen LogP contribution < -0.4 is 9.60 Å². The van der Waals surface area contributed by atoms with Crippen molar-refractivity contribution in [2.75, 3.05) is 0 Å². The van der Waals surface area contributed by atoms with Gasteiger partial charge in [-0.1, -0.05) is 11.3 Å². The predicted octanol–water partition coefficient (Wildman–Crippen LogP) is 1.28. The summed E-state index contributed by atoms with van der Waals surface area (Å²) in [6.45, 7) is 1.80. The van der Waals surface area contributed by atoms with E-state index in [1.165, 1.54) is 11.3 Å². The molecule has 2 rings (SSSR count). The lowest BCUT2D eigenvalue weighted by Crippen LogP contribution is -2.22. The molecule has 0 amide bonds. The molecular weight excluding hydrogens is 280 g/mol. The Kier molecular flexibility index (Phi) is 3.48. The molecule has 0 atom stereocenters. The summed E-state index contributed by atoms with van der Waals surface area (Å²) in [4.78, 5) is 13.2. The van der Waals surface area contributed by atoms with Crippen molar-refractivity contribution in [2.45, 2.75) is 17.7 Å². The second-order valence-corrected chi connectivity index (χ2v) is 7.11. The number of rotatable bonds is 4. The smallest absolute Gasteiger partial charge is 0.305 e. The standard InChI is InChI=1S/C9H10N2O3S3/c1-6-8(16-9(12)11-6)17(13,14)10-4-7-2-3-15-5-7/h2-3,5,10H,4H2,1H3,(H,11,12). The van der Waals surface area contributed by atoms with Gasteiger partial charge in [0, 0.05) is 12.2 Å². The molecule has 0 spiro atoms. The van der Waals surface area contributed by atoms with Gasteiger partial charge < -0.3 is 4.98 Å². The van der Waals surface area contributed by atoms with Crippen molar-refractivity contribution in [3.63, 3.8) is 0 Å². The Hall–Kier alpha value is -0.960. The van der Waals surface area contributed by atoms with Gasteiger partial charge >= 0.3 is 4.87 Å². The van der Waals surface area contributed by atoms with Crippen LogP contribution in [0.4, 0.5) is 0 Å². The van der Waals surface area contributed by atoms with Crippen molar-refractivity contribution in [2.24, 2.45) is 0 Å². The number of aromatic nitrogens is 1. The molecule has 0 radical (unpaired) electrons. The highest BCUT2D eigenvalue weighted by Gasteiger charge is 2.19. The van der Waals surface area contributed by atoms with Gasteiger partial charge in [-0.3, -0.25) is 4.79 Å². The van der Waals surface area contributed by atoms with E-state index in [9.17, 15) is 13.2 Å². The molecule has 0 aliphatic rings. The maximum Gasteiger partial charge on any atom is 0.305 e. The second kappa shape index (κ2) is 4.73. The van der Waals surface area contributed by atoms with Crippen LogP contribution in [0.5, 0.6) is 0 Å². The fraction of sp³-hybridized carbons (Fsp3) is 0.222. The Morgan fingerprint density at radius 2 is 2.24 bits per heavy atom. The van der Waals surface area contributed by atoms with Crippen LogP contribution in [0, 0.1) is 6.92 Å². The molecule has 0 aliphatic carbocycles. The van der Waals surface area contributed by atoms with Gasteiger partial charge in [-0.2, -0.15) is 11.3 Å². The highest BCUT2D eigenvalue weighted by molar-refractivity contribution is 7.91. The van der Waals surface area contributed by atoms with E-state index in [0.717, 1.165) is 5.56 Å².